The second-order valence-electron chi connectivity index (χ2n) is 9.57. The summed E-state index contributed by atoms with van der Waals surface area (Å²) >= 11 is 6.62. The number of aliphatic hydroxyl groups is 1. The molecule has 192 valence electrons. The third kappa shape index (κ3) is 6.04. The lowest BCUT2D eigenvalue weighted by atomic mass is 10.0. The SMILES string of the molecule is CC(C)Oc1ccc(C(=O)N[C@H](CCO)Cc2ccc(-c3nc4n(c3Cl)C=CCC4C)cc2)cc1C#N. The Morgan fingerprint density at radius 1 is 1.30 bits per heavy atom. The van der Waals surface area contributed by atoms with Crippen molar-refractivity contribution in [3.05, 3.63) is 76.2 Å². The van der Waals surface area contributed by atoms with Crippen molar-refractivity contribution in [3.63, 3.8) is 0 Å². The highest BCUT2D eigenvalue weighted by Crippen LogP contribution is 2.34. The molecule has 1 aromatic heterocycles. The quantitative estimate of drug-likeness (QED) is 0.386. The summed E-state index contributed by atoms with van der Waals surface area (Å²) in [5.41, 5.74) is 3.36. The fraction of sp³-hybridized carbons (Fsp3) is 0.345. The Morgan fingerprint density at radius 3 is 2.70 bits per heavy atom. The van der Waals surface area contributed by atoms with Gasteiger partial charge in [0.1, 0.15) is 28.5 Å². The monoisotopic (exact) mass is 518 g/mol. The maximum atomic E-state index is 12.9. The first-order valence-electron chi connectivity index (χ1n) is 12.5. The number of nitrogens with zero attached hydrogens (tertiary/aromatic N) is 3. The van der Waals surface area contributed by atoms with E-state index in [4.69, 9.17) is 21.3 Å². The number of aliphatic hydroxyl groups excluding tert-OH is 1. The number of hydrogen-bond donors (Lipinski definition) is 2. The molecule has 0 radical (unpaired) electrons. The number of ether oxygens (including phenoxy) is 1. The van der Waals surface area contributed by atoms with Gasteiger partial charge in [0, 0.05) is 35.9 Å². The molecule has 0 bridgehead atoms. The molecule has 2 N–H and O–H groups in total. The predicted octanol–water partition coefficient (Wildman–Crippen LogP) is 5.56. The number of hydrogen-bond acceptors (Lipinski definition) is 5. The van der Waals surface area contributed by atoms with Crippen molar-refractivity contribution in [1.82, 2.24) is 14.9 Å². The van der Waals surface area contributed by atoms with Crippen LogP contribution in [0, 0.1) is 11.3 Å². The molecule has 0 saturated carbocycles. The van der Waals surface area contributed by atoms with E-state index < -0.39 is 0 Å². The van der Waals surface area contributed by atoms with E-state index in [9.17, 15) is 15.2 Å². The van der Waals surface area contributed by atoms with E-state index in [1.807, 2.05) is 48.9 Å². The number of allylic oxidation sites excluding steroid dienone is 1. The van der Waals surface area contributed by atoms with Crippen molar-refractivity contribution in [1.29, 1.82) is 5.26 Å². The van der Waals surface area contributed by atoms with Gasteiger partial charge in [-0.1, -0.05) is 48.9 Å². The summed E-state index contributed by atoms with van der Waals surface area (Å²) in [6, 6.07) is 14.6. The smallest absolute Gasteiger partial charge is 0.251 e. The average Bonchev–Trinajstić information content (AvgIpc) is 3.22. The number of nitriles is 1. The first-order chi connectivity index (χ1) is 17.8. The molecule has 0 spiro atoms. The van der Waals surface area contributed by atoms with Gasteiger partial charge in [-0.2, -0.15) is 5.26 Å². The van der Waals surface area contributed by atoms with Crippen LogP contribution in [0.2, 0.25) is 5.15 Å². The van der Waals surface area contributed by atoms with Crippen LogP contribution < -0.4 is 10.1 Å². The largest absolute Gasteiger partial charge is 0.490 e. The van der Waals surface area contributed by atoms with Gasteiger partial charge < -0.3 is 15.2 Å². The minimum absolute atomic E-state index is 0.0604. The first-order valence-corrected chi connectivity index (χ1v) is 12.8. The molecule has 2 heterocycles. The second-order valence-corrected chi connectivity index (χ2v) is 9.93. The molecule has 4 rings (SSSR count). The van der Waals surface area contributed by atoms with E-state index in [2.05, 4.69) is 24.4 Å². The third-order valence-corrected chi connectivity index (χ3v) is 6.67. The summed E-state index contributed by atoms with van der Waals surface area (Å²) in [5.74, 6) is 1.41. The van der Waals surface area contributed by atoms with Crippen molar-refractivity contribution in [2.75, 3.05) is 6.61 Å². The maximum Gasteiger partial charge on any atom is 0.251 e. The average molecular weight is 519 g/mol. The van der Waals surface area contributed by atoms with Gasteiger partial charge in [-0.05, 0) is 56.9 Å². The van der Waals surface area contributed by atoms with Crippen LogP contribution in [0.3, 0.4) is 0 Å². The zero-order valence-corrected chi connectivity index (χ0v) is 22.0. The molecule has 1 aliphatic heterocycles. The normalized spacial score (nSPS) is 15.2. The van der Waals surface area contributed by atoms with E-state index in [0.29, 0.717) is 40.8 Å². The Balaban J connectivity index is 1.47. The van der Waals surface area contributed by atoms with Gasteiger partial charge in [0.15, 0.2) is 0 Å². The number of nitrogens with one attached hydrogen (secondary N) is 1. The number of halogens is 1. The minimum Gasteiger partial charge on any atom is -0.490 e. The van der Waals surface area contributed by atoms with E-state index in [0.717, 1.165) is 29.1 Å². The number of carbonyl (C=O) groups is 1. The molecular formula is C29H31ClN4O3. The number of imidazole rings is 1. The summed E-state index contributed by atoms with van der Waals surface area (Å²) < 4.78 is 7.58. The molecular weight excluding hydrogens is 488 g/mol. The zero-order chi connectivity index (χ0) is 26.5. The van der Waals surface area contributed by atoms with Crippen molar-refractivity contribution >= 4 is 23.7 Å². The molecule has 0 aliphatic carbocycles. The van der Waals surface area contributed by atoms with Crippen molar-refractivity contribution in [2.24, 2.45) is 0 Å². The molecule has 2 atom stereocenters. The zero-order valence-electron chi connectivity index (χ0n) is 21.2. The van der Waals surface area contributed by atoms with Crippen LogP contribution in [0.4, 0.5) is 0 Å². The standard InChI is InChI=1S/C29H31ClN4O3/c1-18(2)37-25-11-10-22(16-23(25)17-31)29(36)32-24(12-14-35)15-20-6-8-21(9-7-20)26-27(30)34-13-4-5-19(3)28(34)33-26/h4,6-11,13,16,18-19,24,35H,5,12,14-15H2,1-3H3,(H,32,36)/t19?,24-/m1/s1. The summed E-state index contributed by atoms with van der Waals surface area (Å²) in [4.78, 5) is 17.7. The molecule has 0 saturated heterocycles. The number of aromatic nitrogens is 2. The van der Waals surface area contributed by atoms with Crippen LogP contribution >= 0.6 is 11.6 Å². The highest BCUT2D eigenvalue weighted by molar-refractivity contribution is 6.32. The number of fused-ring (bicyclic) bond motifs is 1. The minimum atomic E-state index is -0.305. The Labute approximate surface area is 222 Å². The first kappa shape index (κ1) is 26.5. The lowest BCUT2D eigenvalue weighted by Crippen LogP contribution is -2.37. The van der Waals surface area contributed by atoms with Crippen molar-refractivity contribution < 1.29 is 14.6 Å². The van der Waals surface area contributed by atoms with Crippen molar-refractivity contribution in [3.8, 4) is 23.1 Å². The Bertz CT molecular complexity index is 1340. The van der Waals surface area contributed by atoms with Crippen LogP contribution in [-0.2, 0) is 6.42 Å². The van der Waals surface area contributed by atoms with Gasteiger partial charge in [0.2, 0.25) is 0 Å². The highest BCUT2D eigenvalue weighted by Gasteiger charge is 2.22. The topological polar surface area (TPSA) is 100 Å². The number of amides is 1. The van der Waals surface area contributed by atoms with E-state index >= 15 is 0 Å². The molecule has 1 unspecified atom stereocenters. The van der Waals surface area contributed by atoms with Gasteiger partial charge in [-0.15, -0.1) is 0 Å². The van der Waals surface area contributed by atoms with Gasteiger partial charge in [-0.3, -0.25) is 9.36 Å². The van der Waals surface area contributed by atoms with E-state index in [1.165, 1.54) is 6.07 Å². The molecule has 2 aromatic carbocycles. The number of carbonyl (C=O) groups excluding carboxylic acids is 1. The van der Waals surface area contributed by atoms with Gasteiger partial charge in [0.25, 0.3) is 5.91 Å². The fourth-order valence-corrected chi connectivity index (χ4v) is 4.72. The van der Waals surface area contributed by atoms with Gasteiger partial charge >= 0.3 is 0 Å². The van der Waals surface area contributed by atoms with Gasteiger partial charge in [-0.25, -0.2) is 4.98 Å². The fourth-order valence-electron chi connectivity index (χ4n) is 4.43. The number of rotatable bonds is 9. The molecule has 0 fully saturated rings. The van der Waals surface area contributed by atoms with E-state index in [-0.39, 0.29) is 24.7 Å². The summed E-state index contributed by atoms with van der Waals surface area (Å²) in [6.45, 7) is 5.83. The molecule has 3 aromatic rings. The summed E-state index contributed by atoms with van der Waals surface area (Å²) in [6.07, 6.45) is 5.87. The highest BCUT2D eigenvalue weighted by atomic mass is 35.5. The van der Waals surface area contributed by atoms with Crippen LogP contribution in [0.15, 0.2) is 48.5 Å². The Kier molecular flexibility index (Phi) is 8.32. The van der Waals surface area contributed by atoms with Crippen molar-refractivity contribution in [2.45, 2.75) is 58.1 Å². The molecule has 1 amide bonds. The predicted molar refractivity (Wildman–Crippen MR) is 145 cm³/mol. The lowest BCUT2D eigenvalue weighted by molar-refractivity contribution is 0.0930. The lowest BCUT2D eigenvalue weighted by Gasteiger charge is -2.19. The van der Waals surface area contributed by atoms with E-state index in [1.54, 1.807) is 12.1 Å². The Hall–Kier alpha value is -3.60. The summed E-state index contributed by atoms with van der Waals surface area (Å²) in [5, 5.41) is 22.6. The Morgan fingerprint density at radius 2 is 2.05 bits per heavy atom. The second kappa shape index (κ2) is 11.6. The summed E-state index contributed by atoms with van der Waals surface area (Å²) in [7, 11) is 0. The molecule has 7 nitrogen and oxygen atoms in total. The van der Waals surface area contributed by atoms with Crippen LogP contribution in [0.25, 0.3) is 17.5 Å². The maximum absolute atomic E-state index is 12.9. The van der Waals surface area contributed by atoms with Crippen LogP contribution in [-0.4, -0.2) is 39.3 Å². The third-order valence-electron chi connectivity index (χ3n) is 6.31. The molecule has 1 aliphatic rings. The van der Waals surface area contributed by atoms with Crippen LogP contribution in [0.5, 0.6) is 5.75 Å². The van der Waals surface area contributed by atoms with Crippen LogP contribution in [0.1, 0.15) is 66.8 Å². The molecule has 8 heteroatoms. The molecule has 37 heavy (non-hydrogen) atoms. The number of benzene rings is 2. The van der Waals surface area contributed by atoms with Gasteiger partial charge in [0.05, 0.1) is 11.7 Å².